The van der Waals surface area contributed by atoms with Crippen LogP contribution in [-0.2, 0) is 23.4 Å². The lowest BCUT2D eigenvalue weighted by Crippen LogP contribution is -2.18. The van der Waals surface area contributed by atoms with Crippen molar-refractivity contribution >= 4 is 9.84 Å². The molecule has 1 heterocycles. The predicted octanol–water partition coefficient (Wildman–Crippen LogP) is 1.67. The number of nitrogens with one attached hydrogen (secondary N) is 1. The molecule has 20 heavy (non-hydrogen) atoms. The Morgan fingerprint density at radius 1 is 1.25 bits per heavy atom. The summed E-state index contributed by atoms with van der Waals surface area (Å²) in [6.07, 6.45) is 3.12. The van der Waals surface area contributed by atoms with Gasteiger partial charge in [0.25, 0.3) is 0 Å². The number of nitrogens with zero attached hydrogens (tertiary/aromatic N) is 2. The zero-order valence-electron chi connectivity index (χ0n) is 11.9. The lowest BCUT2D eigenvalue weighted by atomic mass is 10.1. The SMILES string of the molecule is CC(NCc1ccn(C)n1)c1ccc(S(C)(=O)=O)cc1. The van der Waals surface area contributed by atoms with E-state index in [1.165, 1.54) is 6.26 Å². The molecule has 1 unspecified atom stereocenters. The van der Waals surface area contributed by atoms with Crippen LogP contribution in [-0.4, -0.2) is 24.5 Å². The molecule has 0 saturated carbocycles. The van der Waals surface area contributed by atoms with Crippen LogP contribution >= 0.6 is 0 Å². The first-order valence-electron chi connectivity index (χ1n) is 6.38. The maximum atomic E-state index is 11.4. The molecule has 6 heteroatoms. The zero-order chi connectivity index (χ0) is 14.8. The maximum absolute atomic E-state index is 11.4. The molecule has 2 aromatic rings. The van der Waals surface area contributed by atoms with Crippen molar-refractivity contribution in [1.29, 1.82) is 0 Å². The highest BCUT2D eigenvalue weighted by Crippen LogP contribution is 2.16. The normalized spacial score (nSPS) is 13.3. The Kier molecular flexibility index (Phi) is 4.25. The van der Waals surface area contributed by atoms with Crippen LogP contribution in [0.4, 0.5) is 0 Å². The molecule has 1 aromatic heterocycles. The van der Waals surface area contributed by atoms with Gasteiger partial charge in [0.15, 0.2) is 9.84 Å². The fourth-order valence-electron chi connectivity index (χ4n) is 1.94. The molecular weight excluding hydrogens is 274 g/mol. The molecule has 0 fully saturated rings. The summed E-state index contributed by atoms with van der Waals surface area (Å²) in [5, 5.41) is 7.66. The summed E-state index contributed by atoms with van der Waals surface area (Å²) < 4.78 is 24.6. The minimum Gasteiger partial charge on any atom is -0.304 e. The van der Waals surface area contributed by atoms with Crippen LogP contribution in [0.5, 0.6) is 0 Å². The Morgan fingerprint density at radius 2 is 1.90 bits per heavy atom. The number of benzene rings is 1. The molecule has 0 aliphatic carbocycles. The number of aryl methyl sites for hydroxylation is 1. The van der Waals surface area contributed by atoms with Crippen molar-refractivity contribution in [2.75, 3.05) is 6.26 Å². The minimum atomic E-state index is -3.13. The number of hydrogen-bond donors (Lipinski definition) is 1. The molecule has 0 aliphatic rings. The van der Waals surface area contributed by atoms with E-state index < -0.39 is 9.84 Å². The third-order valence-electron chi connectivity index (χ3n) is 3.17. The van der Waals surface area contributed by atoms with Gasteiger partial charge >= 0.3 is 0 Å². The molecule has 0 radical (unpaired) electrons. The van der Waals surface area contributed by atoms with Gasteiger partial charge in [-0.15, -0.1) is 0 Å². The Balaban J connectivity index is 2.00. The molecule has 1 N–H and O–H groups in total. The molecular formula is C14H19N3O2S. The monoisotopic (exact) mass is 293 g/mol. The second kappa shape index (κ2) is 5.76. The standard InChI is InChI=1S/C14H19N3O2S/c1-11(15-10-13-8-9-17(2)16-13)12-4-6-14(7-5-12)20(3,18)19/h4-9,11,15H,10H2,1-3H3. The highest BCUT2D eigenvalue weighted by Gasteiger charge is 2.09. The van der Waals surface area contributed by atoms with Gasteiger partial charge in [0.2, 0.25) is 0 Å². The summed E-state index contributed by atoms with van der Waals surface area (Å²) in [5.74, 6) is 0. The van der Waals surface area contributed by atoms with Gasteiger partial charge in [0, 0.05) is 32.1 Å². The number of sulfone groups is 1. The van der Waals surface area contributed by atoms with Gasteiger partial charge < -0.3 is 5.32 Å². The molecule has 1 atom stereocenters. The van der Waals surface area contributed by atoms with E-state index in [0.29, 0.717) is 11.4 Å². The largest absolute Gasteiger partial charge is 0.304 e. The van der Waals surface area contributed by atoms with E-state index in [4.69, 9.17) is 0 Å². The van der Waals surface area contributed by atoms with Crippen molar-refractivity contribution in [2.45, 2.75) is 24.4 Å². The van der Waals surface area contributed by atoms with Crippen LogP contribution in [0.2, 0.25) is 0 Å². The average Bonchev–Trinajstić information content (AvgIpc) is 2.81. The van der Waals surface area contributed by atoms with Crippen LogP contribution in [0.25, 0.3) is 0 Å². The Morgan fingerprint density at radius 3 is 2.40 bits per heavy atom. The van der Waals surface area contributed by atoms with Crippen LogP contribution in [0, 0.1) is 0 Å². The minimum absolute atomic E-state index is 0.130. The molecule has 1 aromatic carbocycles. The summed E-state index contributed by atoms with van der Waals surface area (Å²) in [5.41, 5.74) is 2.03. The quantitative estimate of drug-likeness (QED) is 0.911. The summed E-state index contributed by atoms with van der Waals surface area (Å²) in [4.78, 5) is 0.346. The Hall–Kier alpha value is -1.66. The van der Waals surface area contributed by atoms with Crippen molar-refractivity contribution in [1.82, 2.24) is 15.1 Å². The van der Waals surface area contributed by atoms with Crippen LogP contribution < -0.4 is 5.32 Å². The number of hydrogen-bond acceptors (Lipinski definition) is 4. The van der Waals surface area contributed by atoms with Crippen LogP contribution in [0.15, 0.2) is 41.4 Å². The van der Waals surface area contributed by atoms with Crippen LogP contribution in [0.3, 0.4) is 0 Å². The first-order valence-corrected chi connectivity index (χ1v) is 8.27. The molecule has 0 bridgehead atoms. The maximum Gasteiger partial charge on any atom is 0.175 e. The summed E-state index contributed by atoms with van der Waals surface area (Å²) in [6, 6.07) is 9.06. The van der Waals surface area contributed by atoms with E-state index in [1.54, 1.807) is 16.8 Å². The highest BCUT2D eigenvalue weighted by atomic mass is 32.2. The van der Waals surface area contributed by atoms with E-state index >= 15 is 0 Å². The third kappa shape index (κ3) is 3.68. The van der Waals surface area contributed by atoms with Gasteiger partial charge in [-0.25, -0.2) is 8.42 Å². The van der Waals surface area contributed by atoms with E-state index in [-0.39, 0.29) is 6.04 Å². The third-order valence-corrected chi connectivity index (χ3v) is 4.29. The Bertz CT molecular complexity index is 675. The van der Waals surface area contributed by atoms with E-state index in [1.807, 2.05) is 38.4 Å². The first kappa shape index (κ1) is 14.7. The predicted molar refractivity (Wildman–Crippen MR) is 78.0 cm³/mol. The van der Waals surface area contributed by atoms with Crippen molar-refractivity contribution in [3.8, 4) is 0 Å². The van der Waals surface area contributed by atoms with Crippen molar-refractivity contribution in [3.05, 3.63) is 47.8 Å². The van der Waals surface area contributed by atoms with Crippen molar-refractivity contribution < 1.29 is 8.42 Å². The van der Waals surface area contributed by atoms with Crippen molar-refractivity contribution in [2.24, 2.45) is 7.05 Å². The van der Waals surface area contributed by atoms with Gasteiger partial charge in [-0.3, -0.25) is 4.68 Å². The van der Waals surface area contributed by atoms with Gasteiger partial charge in [-0.1, -0.05) is 12.1 Å². The molecule has 2 rings (SSSR count). The first-order chi connectivity index (χ1) is 9.36. The highest BCUT2D eigenvalue weighted by molar-refractivity contribution is 7.90. The molecule has 0 saturated heterocycles. The number of aromatic nitrogens is 2. The molecule has 108 valence electrons. The average molecular weight is 293 g/mol. The van der Waals surface area contributed by atoms with Gasteiger partial charge in [0.1, 0.15) is 0 Å². The van der Waals surface area contributed by atoms with E-state index in [0.717, 1.165) is 11.3 Å². The summed E-state index contributed by atoms with van der Waals surface area (Å²) >= 11 is 0. The molecule has 0 amide bonds. The topological polar surface area (TPSA) is 64.0 Å². The van der Waals surface area contributed by atoms with Gasteiger partial charge in [-0.05, 0) is 30.7 Å². The molecule has 5 nitrogen and oxygen atoms in total. The van der Waals surface area contributed by atoms with Crippen molar-refractivity contribution in [3.63, 3.8) is 0 Å². The molecule has 0 aliphatic heterocycles. The second-order valence-electron chi connectivity index (χ2n) is 4.92. The fraction of sp³-hybridized carbons (Fsp3) is 0.357. The molecule has 0 spiro atoms. The second-order valence-corrected chi connectivity index (χ2v) is 6.94. The fourth-order valence-corrected chi connectivity index (χ4v) is 2.57. The Labute approximate surface area is 119 Å². The number of rotatable bonds is 5. The summed E-state index contributed by atoms with van der Waals surface area (Å²) in [6.45, 7) is 2.72. The van der Waals surface area contributed by atoms with E-state index in [9.17, 15) is 8.42 Å². The smallest absolute Gasteiger partial charge is 0.175 e. The van der Waals surface area contributed by atoms with E-state index in [2.05, 4.69) is 10.4 Å². The summed E-state index contributed by atoms with van der Waals surface area (Å²) in [7, 11) is -1.25. The zero-order valence-corrected chi connectivity index (χ0v) is 12.7. The lowest BCUT2D eigenvalue weighted by molar-refractivity contribution is 0.561. The van der Waals surface area contributed by atoms with Crippen LogP contribution in [0.1, 0.15) is 24.2 Å². The van der Waals surface area contributed by atoms with Gasteiger partial charge in [-0.2, -0.15) is 5.10 Å². The lowest BCUT2D eigenvalue weighted by Gasteiger charge is -2.13. The van der Waals surface area contributed by atoms with Gasteiger partial charge in [0.05, 0.1) is 10.6 Å².